The van der Waals surface area contributed by atoms with Crippen LogP contribution in [0, 0.1) is 6.92 Å². The van der Waals surface area contributed by atoms with Crippen LogP contribution in [0.2, 0.25) is 0 Å². The van der Waals surface area contributed by atoms with Gasteiger partial charge in [0.2, 0.25) is 5.95 Å². The molecule has 0 aliphatic carbocycles. The molecule has 1 saturated heterocycles. The highest BCUT2D eigenvalue weighted by molar-refractivity contribution is 7.12. The van der Waals surface area contributed by atoms with Crippen LogP contribution in [0.4, 0.5) is 11.6 Å². The number of hydrogen-bond donors (Lipinski definition) is 1. The van der Waals surface area contributed by atoms with Crippen LogP contribution in [0.1, 0.15) is 39.7 Å². The highest BCUT2D eigenvalue weighted by Gasteiger charge is 2.27. The van der Waals surface area contributed by atoms with Crippen molar-refractivity contribution in [1.29, 1.82) is 0 Å². The van der Waals surface area contributed by atoms with Crippen LogP contribution in [0.5, 0.6) is 0 Å². The standard InChI is InChI=1S/C21H22N4OS/c1-15-6-2-3-8-17(15)23-21-22-11-10-18(24-21)16-7-4-12-25(14-16)20(26)19-9-5-13-27-19/h2-3,5-6,8-11,13,16H,4,7,12,14H2,1H3,(H,22,23,24)/t16-/m0/s1. The number of carbonyl (C=O) groups is 1. The molecule has 0 unspecified atom stereocenters. The third-order valence-electron chi connectivity index (χ3n) is 4.93. The predicted octanol–water partition coefficient (Wildman–Crippen LogP) is 4.61. The number of hydrogen-bond acceptors (Lipinski definition) is 5. The van der Waals surface area contributed by atoms with Gasteiger partial charge in [0.05, 0.1) is 10.6 Å². The van der Waals surface area contributed by atoms with E-state index in [1.807, 2.05) is 46.7 Å². The number of thiophene rings is 1. The summed E-state index contributed by atoms with van der Waals surface area (Å²) in [6.07, 6.45) is 3.82. The number of piperidine rings is 1. The Morgan fingerprint density at radius 3 is 2.93 bits per heavy atom. The van der Waals surface area contributed by atoms with Crippen molar-refractivity contribution in [3.8, 4) is 0 Å². The summed E-state index contributed by atoms with van der Waals surface area (Å²) in [7, 11) is 0. The van der Waals surface area contributed by atoms with Crippen molar-refractivity contribution < 1.29 is 4.79 Å². The Morgan fingerprint density at radius 1 is 1.22 bits per heavy atom. The highest BCUT2D eigenvalue weighted by atomic mass is 32.1. The van der Waals surface area contributed by atoms with E-state index in [0.717, 1.165) is 41.2 Å². The molecular formula is C21H22N4OS. The molecule has 0 bridgehead atoms. The number of para-hydroxylation sites is 1. The van der Waals surface area contributed by atoms with Gasteiger partial charge in [-0.2, -0.15) is 0 Å². The van der Waals surface area contributed by atoms with Crippen molar-refractivity contribution in [1.82, 2.24) is 14.9 Å². The monoisotopic (exact) mass is 378 g/mol. The summed E-state index contributed by atoms with van der Waals surface area (Å²) >= 11 is 1.50. The van der Waals surface area contributed by atoms with Crippen LogP contribution in [-0.4, -0.2) is 33.9 Å². The molecule has 1 aromatic carbocycles. The second kappa shape index (κ2) is 7.88. The number of rotatable bonds is 4. The second-order valence-electron chi connectivity index (χ2n) is 6.81. The number of anilines is 2. The fourth-order valence-corrected chi connectivity index (χ4v) is 4.14. The maximum absolute atomic E-state index is 12.7. The second-order valence-corrected chi connectivity index (χ2v) is 7.76. The molecule has 1 fully saturated rings. The molecule has 1 atom stereocenters. The van der Waals surface area contributed by atoms with Gasteiger partial charge in [0, 0.05) is 30.9 Å². The third-order valence-corrected chi connectivity index (χ3v) is 5.79. The zero-order chi connectivity index (χ0) is 18.6. The number of benzene rings is 1. The van der Waals surface area contributed by atoms with Gasteiger partial charge >= 0.3 is 0 Å². The maximum Gasteiger partial charge on any atom is 0.263 e. The van der Waals surface area contributed by atoms with E-state index in [1.165, 1.54) is 11.3 Å². The predicted molar refractivity (Wildman–Crippen MR) is 109 cm³/mol. The van der Waals surface area contributed by atoms with Gasteiger partial charge in [-0.15, -0.1) is 11.3 Å². The molecule has 138 valence electrons. The van der Waals surface area contributed by atoms with Crippen LogP contribution >= 0.6 is 11.3 Å². The first-order valence-electron chi connectivity index (χ1n) is 9.19. The van der Waals surface area contributed by atoms with Crippen molar-refractivity contribution in [2.45, 2.75) is 25.7 Å². The molecule has 3 aromatic rings. The minimum atomic E-state index is 0.127. The fourth-order valence-electron chi connectivity index (χ4n) is 3.45. The first kappa shape index (κ1) is 17.7. The summed E-state index contributed by atoms with van der Waals surface area (Å²) in [5.41, 5.74) is 3.15. The van der Waals surface area contributed by atoms with Crippen LogP contribution < -0.4 is 5.32 Å². The van der Waals surface area contributed by atoms with Gasteiger partial charge in [-0.1, -0.05) is 24.3 Å². The van der Waals surface area contributed by atoms with Crippen molar-refractivity contribution in [2.24, 2.45) is 0 Å². The largest absolute Gasteiger partial charge is 0.337 e. The third kappa shape index (κ3) is 4.01. The highest BCUT2D eigenvalue weighted by Crippen LogP contribution is 2.28. The van der Waals surface area contributed by atoms with Crippen LogP contribution in [0.15, 0.2) is 54.0 Å². The number of nitrogens with one attached hydrogen (secondary N) is 1. The molecule has 5 nitrogen and oxygen atoms in total. The number of aromatic nitrogens is 2. The number of likely N-dealkylation sites (tertiary alicyclic amines) is 1. The Labute approximate surface area is 163 Å². The average Bonchev–Trinajstić information content (AvgIpc) is 3.24. The van der Waals surface area contributed by atoms with Crippen LogP contribution in [0.3, 0.4) is 0 Å². The van der Waals surface area contributed by atoms with Gasteiger partial charge in [0.25, 0.3) is 5.91 Å². The first-order valence-corrected chi connectivity index (χ1v) is 10.1. The molecule has 3 heterocycles. The van der Waals surface area contributed by atoms with Crippen molar-refractivity contribution in [3.63, 3.8) is 0 Å². The minimum absolute atomic E-state index is 0.127. The fraction of sp³-hybridized carbons (Fsp3) is 0.286. The maximum atomic E-state index is 12.7. The van der Waals surface area contributed by atoms with E-state index in [-0.39, 0.29) is 11.8 Å². The van der Waals surface area contributed by atoms with Gasteiger partial charge in [0.15, 0.2) is 0 Å². The van der Waals surface area contributed by atoms with Gasteiger partial charge < -0.3 is 10.2 Å². The lowest BCUT2D eigenvalue weighted by molar-refractivity contribution is 0.0711. The van der Waals surface area contributed by atoms with Crippen LogP contribution in [-0.2, 0) is 0 Å². The minimum Gasteiger partial charge on any atom is -0.337 e. The molecule has 6 heteroatoms. The molecule has 0 spiro atoms. The molecular weight excluding hydrogens is 356 g/mol. The van der Waals surface area contributed by atoms with E-state index in [1.54, 1.807) is 6.20 Å². The molecule has 27 heavy (non-hydrogen) atoms. The lowest BCUT2D eigenvalue weighted by atomic mass is 9.94. The molecule has 1 N–H and O–H groups in total. The van der Waals surface area contributed by atoms with Gasteiger partial charge in [-0.25, -0.2) is 9.97 Å². The molecule has 0 saturated carbocycles. The Kier molecular flexibility index (Phi) is 5.16. The van der Waals surface area contributed by atoms with Gasteiger partial charge in [-0.05, 0) is 48.9 Å². The molecule has 4 rings (SSSR count). The summed E-state index contributed by atoms with van der Waals surface area (Å²) in [6, 6.07) is 13.9. The molecule has 0 radical (unpaired) electrons. The summed E-state index contributed by atoms with van der Waals surface area (Å²) in [5.74, 6) is 0.966. The SMILES string of the molecule is Cc1ccccc1Nc1nccc([C@H]2CCCN(C(=O)c3cccs3)C2)n1. The zero-order valence-electron chi connectivity index (χ0n) is 15.3. The van der Waals surface area contributed by atoms with E-state index < -0.39 is 0 Å². The molecule has 1 amide bonds. The molecule has 1 aliphatic heterocycles. The Bertz CT molecular complexity index is 925. The van der Waals surface area contributed by atoms with Gasteiger partial charge in [-0.3, -0.25) is 4.79 Å². The van der Waals surface area contributed by atoms with Crippen LogP contribution in [0.25, 0.3) is 0 Å². The van der Waals surface area contributed by atoms with E-state index in [2.05, 4.69) is 23.3 Å². The Morgan fingerprint density at radius 2 is 2.11 bits per heavy atom. The van der Waals surface area contributed by atoms with E-state index >= 15 is 0 Å². The lowest BCUT2D eigenvalue weighted by Gasteiger charge is -2.32. The summed E-state index contributed by atoms with van der Waals surface area (Å²) in [6.45, 7) is 3.57. The lowest BCUT2D eigenvalue weighted by Crippen LogP contribution is -2.39. The summed E-state index contributed by atoms with van der Waals surface area (Å²) in [4.78, 5) is 24.5. The number of aryl methyl sites for hydroxylation is 1. The topological polar surface area (TPSA) is 58.1 Å². The number of amides is 1. The van der Waals surface area contributed by atoms with Crippen molar-refractivity contribution in [2.75, 3.05) is 18.4 Å². The molecule has 2 aromatic heterocycles. The van der Waals surface area contributed by atoms with Crippen molar-refractivity contribution in [3.05, 3.63) is 70.2 Å². The van der Waals surface area contributed by atoms with E-state index in [0.29, 0.717) is 12.5 Å². The summed E-state index contributed by atoms with van der Waals surface area (Å²) < 4.78 is 0. The zero-order valence-corrected chi connectivity index (χ0v) is 16.1. The van der Waals surface area contributed by atoms with Crippen molar-refractivity contribution >= 4 is 28.9 Å². The smallest absolute Gasteiger partial charge is 0.263 e. The Balaban J connectivity index is 1.50. The number of carbonyl (C=O) groups excluding carboxylic acids is 1. The van der Waals surface area contributed by atoms with Gasteiger partial charge in [0.1, 0.15) is 0 Å². The first-order chi connectivity index (χ1) is 13.2. The summed E-state index contributed by atoms with van der Waals surface area (Å²) in [5, 5.41) is 5.25. The number of nitrogens with zero attached hydrogens (tertiary/aromatic N) is 3. The molecule has 1 aliphatic rings. The van der Waals surface area contributed by atoms with E-state index in [9.17, 15) is 4.79 Å². The quantitative estimate of drug-likeness (QED) is 0.720. The van der Waals surface area contributed by atoms with E-state index in [4.69, 9.17) is 4.98 Å². The normalized spacial score (nSPS) is 16.9. The Hall–Kier alpha value is -2.73. The average molecular weight is 379 g/mol.